The third-order valence-electron chi connectivity index (χ3n) is 2.70. The van der Waals surface area contributed by atoms with E-state index in [-0.39, 0.29) is 19.0 Å². The molecular formula is C12H10F3N3O2. The highest BCUT2D eigenvalue weighted by Gasteiger charge is 2.39. The number of halogens is 3. The minimum Gasteiger partial charge on any atom is -0.471 e. The maximum absolute atomic E-state index is 12.0. The minimum absolute atomic E-state index is 0.0906. The van der Waals surface area contributed by atoms with Crippen molar-refractivity contribution in [2.24, 2.45) is 0 Å². The molecule has 5 nitrogen and oxygen atoms in total. The number of hydrogen-bond donors (Lipinski definition) is 0. The van der Waals surface area contributed by atoms with E-state index in [0.29, 0.717) is 5.56 Å². The zero-order valence-electron chi connectivity index (χ0n) is 10.2. The molecule has 8 heteroatoms. The first-order valence-corrected chi connectivity index (χ1v) is 5.75. The van der Waals surface area contributed by atoms with E-state index < -0.39 is 24.6 Å². The third-order valence-corrected chi connectivity index (χ3v) is 2.70. The summed E-state index contributed by atoms with van der Waals surface area (Å²) < 4.78 is 41.5. The van der Waals surface area contributed by atoms with E-state index >= 15 is 0 Å². The molecule has 0 saturated carbocycles. The molecule has 1 aliphatic rings. The summed E-state index contributed by atoms with van der Waals surface area (Å²) >= 11 is 0. The molecule has 0 aliphatic carbocycles. The topological polar surface area (TPSA) is 66.2 Å². The molecular weight excluding hydrogens is 275 g/mol. The molecule has 106 valence electrons. The summed E-state index contributed by atoms with van der Waals surface area (Å²) in [5.41, 5.74) is 0.374. The molecule has 0 radical (unpaired) electrons. The van der Waals surface area contributed by atoms with Crippen LogP contribution in [0.15, 0.2) is 18.3 Å². The number of amides is 1. The van der Waals surface area contributed by atoms with Crippen LogP contribution in [0.25, 0.3) is 0 Å². The molecule has 1 aromatic heterocycles. The number of rotatable bonds is 3. The lowest BCUT2D eigenvalue weighted by Crippen LogP contribution is -2.56. The van der Waals surface area contributed by atoms with Crippen LogP contribution in [0.5, 0.6) is 5.88 Å². The number of ether oxygens (including phenoxy) is 1. The average Bonchev–Trinajstić information content (AvgIpc) is 2.31. The van der Waals surface area contributed by atoms with Gasteiger partial charge in [0.15, 0.2) is 0 Å². The number of likely N-dealkylation sites (tertiary alicyclic amines) is 1. The number of nitrogens with zero attached hydrogens (tertiary/aromatic N) is 3. The zero-order chi connectivity index (χ0) is 14.8. The maximum Gasteiger partial charge on any atom is 0.397 e. The summed E-state index contributed by atoms with van der Waals surface area (Å²) in [6.45, 7) is 0.181. The van der Waals surface area contributed by atoms with Crippen molar-refractivity contribution in [3.05, 3.63) is 23.9 Å². The summed E-state index contributed by atoms with van der Waals surface area (Å²) in [4.78, 5) is 16.2. The fourth-order valence-corrected chi connectivity index (χ4v) is 1.71. The molecule has 0 spiro atoms. The standard InChI is InChI=1S/C12H10F3N3O2/c13-12(14,15)4-11(19)18-6-9(7-18)20-10-3-8(5-16)1-2-17-10/h1-3,9H,4,6-7H2. The molecule has 0 unspecified atom stereocenters. The molecule has 0 aromatic carbocycles. The first-order chi connectivity index (χ1) is 9.37. The van der Waals surface area contributed by atoms with Crippen molar-refractivity contribution in [1.82, 2.24) is 9.88 Å². The second kappa shape index (κ2) is 5.36. The van der Waals surface area contributed by atoms with Gasteiger partial charge in [-0.2, -0.15) is 18.4 Å². The SMILES string of the molecule is N#Cc1ccnc(OC2CN(C(=O)CC(F)(F)F)C2)c1. The molecule has 0 N–H and O–H groups in total. The Kier molecular flexibility index (Phi) is 3.79. The first kappa shape index (κ1) is 14.1. The highest BCUT2D eigenvalue weighted by molar-refractivity contribution is 5.77. The first-order valence-electron chi connectivity index (χ1n) is 5.75. The van der Waals surface area contributed by atoms with E-state index in [1.807, 2.05) is 6.07 Å². The number of carbonyl (C=O) groups is 1. The molecule has 20 heavy (non-hydrogen) atoms. The van der Waals surface area contributed by atoms with Gasteiger partial charge >= 0.3 is 6.18 Å². The van der Waals surface area contributed by atoms with Gasteiger partial charge in [-0.3, -0.25) is 4.79 Å². The predicted molar refractivity (Wildman–Crippen MR) is 60.6 cm³/mol. The van der Waals surface area contributed by atoms with Gasteiger partial charge in [0.2, 0.25) is 11.8 Å². The van der Waals surface area contributed by atoms with Crippen molar-refractivity contribution >= 4 is 5.91 Å². The van der Waals surface area contributed by atoms with E-state index in [1.165, 1.54) is 18.3 Å². The number of carbonyl (C=O) groups excluding carboxylic acids is 1. The summed E-state index contributed by atoms with van der Waals surface area (Å²) in [5, 5.41) is 8.70. The van der Waals surface area contributed by atoms with Crippen molar-refractivity contribution in [2.45, 2.75) is 18.7 Å². The Labute approximate surface area is 112 Å². The number of hydrogen-bond acceptors (Lipinski definition) is 4. The van der Waals surface area contributed by atoms with Gasteiger partial charge in [0.25, 0.3) is 0 Å². The highest BCUT2D eigenvalue weighted by Crippen LogP contribution is 2.23. The molecule has 1 aliphatic heterocycles. The Morgan fingerprint density at radius 3 is 2.85 bits per heavy atom. The summed E-state index contributed by atoms with van der Waals surface area (Å²) in [6.07, 6.45) is -4.94. The zero-order valence-corrected chi connectivity index (χ0v) is 10.2. The normalized spacial score (nSPS) is 15.4. The van der Waals surface area contributed by atoms with E-state index in [1.54, 1.807) is 0 Å². The molecule has 1 aromatic rings. The monoisotopic (exact) mass is 285 g/mol. The molecule has 1 amide bonds. The van der Waals surface area contributed by atoms with Gasteiger partial charge < -0.3 is 9.64 Å². The van der Waals surface area contributed by atoms with Crippen molar-refractivity contribution in [2.75, 3.05) is 13.1 Å². The number of aromatic nitrogens is 1. The van der Waals surface area contributed by atoms with E-state index in [9.17, 15) is 18.0 Å². The van der Waals surface area contributed by atoms with Crippen LogP contribution in [-0.4, -0.2) is 41.2 Å². The van der Waals surface area contributed by atoms with Crippen LogP contribution in [0.4, 0.5) is 13.2 Å². The molecule has 1 fully saturated rings. The van der Waals surface area contributed by atoms with Gasteiger partial charge in [0.05, 0.1) is 24.7 Å². The Bertz CT molecular complexity index is 548. The molecule has 2 rings (SSSR count). The van der Waals surface area contributed by atoms with Gasteiger partial charge in [0, 0.05) is 12.3 Å². The van der Waals surface area contributed by atoms with Crippen LogP contribution in [0.1, 0.15) is 12.0 Å². The Morgan fingerprint density at radius 1 is 1.55 bits per heavy atom. The van der Waals surface area contributed by atoms with Crippen LogP contribution in [-0.2, 0) is 4.79 Å². The summed E-state index contributed by atoms with van der Waals surface area (Å²) in [6, 6.07) is 4.86. The lowest BCUT2D eigenvalue weighted by molar-refractivity contribution is -0.167. The van der Waals surface area contributed by atoms with Crippen molar-refractivity contribution < 1.29 is 22.7 Å². The van der Waals surface area contributed by atoms with Gasteiger partial charge in [-0.05, 0) is 6.07 Å². The van der Waals surface area contributed by atoms with E-state index in [0.717, 1.165) is 4.90 Å². The van der Waals surface area contributed by atoms with Gasteiger partial charge in [-0.25, -0.2) is 4.98 Å². The van der Waals surface area contributed by atoms with E-state index in [4.69, 9.17) is 10.00 Å². The number of alkyl halides is 3. The Balaban J connectivity index is 1.82. The number of nitriles is 1. The largest absolute Gasteiger partial charge is 0.471 e. The van der Waals surface area contributed by atoms with Crippen LogP contribution >= 0.6 is 0 Å². The fraction of sp³-hybridized carbons (Fsp3) is 0.417. The lowest BCUT2D eigenvalue weighted by Gasteiger charge is -2.38. The lowest BCUT2D eigenvalue weighted by atomic mass is 10.1. The summed E-state index contributed by atoms with van der Waals surface area (Å²) in [5.74, 6) is -0.743. The third kappa shape index (κ3) is 3.60. The summed E-state index contributed by atoms with van der Waals surface area (Å²) in [7, 11) is 0. The average molecular weight is 285 g/mol. The Hall–Kier alpha value is -2.30. The van der Waals surface area contributed by atoms with Crippen molar-refractivity contribution in [3.63, 3.8) is 0 Å². The minimum atomic E-state index is -4.49. The molecule has 0 atom stereocenters. The van der Waals surface area contributed by atoms with Crippen LogP contribution in [0, 0.1) is 11.3 Å². The quantitative estimate of drug-likeness (QED) is 0.844. The Morgan fingerprint density at radius 2 is 2.25 bits per heavy atom. The van der Waals surface area contributed by atoms with Gasteiger partial charge in [-0.15, -0.1) is 0 Å². The van der Waals surface area contributed by atoms with Gasteiger partial charge in [-0.1, -0.05) is 0 Å². The van der Waals surface area contributed by atoms with Crippen molar-refractivity contribution in [1.29, 1.82) is 5.26 Å². The fourth-order valence-electron chi connectivity index (χ4n) is 1.71. The molecule has 2 heterocycles. The van der Waals surface area contributed by atoms with Crippen LogP contribution in [0.2, 0.25) is 0 Å². The maximum atomic E-state index is 12.0. The van der Waals surface area contributed by atoms with Crippen LogP contribution in [0.3, 0.4) is 0 Å². The molecule has 1 saturated heterocycles. The number of pyridine rings is 1. The van der Waals surface area contributed by atoms with Crippen molar-refractivity contribution in [3.8, 4) is 11.9 Å². The molecule has 0 bridgehead atoms. The predicted octanol–water partition coefficient (Wildman–Crippen LogP) is 1.50. The highest BCUT2D eigenvalue weighted by atomic mass is 19.4. The second-order valence-corrected chi connectivity index (χ2v) is 4.33. The van der Waals surface area contributed by atoms with E-state index in [2.05, 4.69) is 4.98 Å². The smallest absolute Gasteiger partial charge is 0.397 e. The second-order valence-electron chi connectivity index (χ2n) is 4.33. The van der Waals surface area contributed by atoms with Gasteiger partial charge in [0.1, 0.15) is 12.5 Å². The van der Waals surface area contributed by atoms with Crippen LogP contribution < -0.4 is 4.74 Å².